The molecule has 2 N–H and O–H groups in total. The lowest BCUT2D eigenvalue weighted by Gasteiger charge is -2.17. The number of aromatic nitrogens is 2. The molecule has 0 atom stereocenters. The Hall–Kier alpha value is -2.10. The molecule has 1 saturated heterocycles. The number of hydrogen-bond acceptors (Lipinski definition) is 3. The van der Waals surface area contributed by atoms with Crippen molar-refractivity contribution in [3.05, 3.63) is 54.1 Å². The fraction of sp³-hybridized carbons (Fsp3) is 0.450. The lowest BCUT2D eigenvalue weighted by molar-refractivity contribution is -0.128. The standard InChI is InChI=1S/C20H28N6O.HI/c1-2-21-20(24-15-19(27)25-11-6-7-12-25)23-14-18-22-10-13-26(18)16-17-8-4-3-5-9-17;/h3-5,8-10,13H,2,6-7,11-12,14-16H2,1H3,(H2,21,23,24);1H. The van der Waals surface area contributed by atoms with E-state index in [0.29, 0.717) is 12.5 Å². The Morgan fingerprint density at radius 2 is 1.93 bits per heavy atom. The van der Waals surface area contributed by atoms with Crippen LogP contribution in [0, 0.1) is 0 Å². The summed E-state index contributed by atoms with van der Waals surface area (Å²) in [4.78, 5) is 23.1. The Kier molecular flexibility index (Phi) is 9.26. The van der Waals surface area contributed by atoms with E-state index in [2.05, 4.69) is 37.3 Å². The molecule has 0 bridgehead atoms. The molecular formula is C20H29IN6O. The predicted molar refractivity (Wildman–Crippen MR) is 122 cm³/mol. The molecule has 7 nitrogen and oxygen atoms in total. The average Bonchev–Trinajstić information content (AvgIpc) is 3.37. The van der Waals surface area contributed by atoms with Crippen molar-refractivity contribution in [2.75, 3.05) is 26.2 Å². The van der Waals surface area contributed by atoms with Gasteiger partial charge in [0.1, 0.15) is 12.4 Å². The number of halogens is 1. The number of hydrogen-bond donors (Lipinski definition) is 2. The van der Waals surface area contributed by atoms with Crippen LogP contribution in [0.5, 0.6) is 0 Å². The van der Waals surface area contributed by atoms with Crippen LogP contribution < -0.4 is 10.6 Å². The maximum Gasteiger partial charge on any atom is 0.241 e. The first kappa shape index (κ1) is 22.2. The summed E-state index contributed by atoms with van der Waals surface area (Å²) in [6.45, 7) is 5.97. The molecule has 28 heavy (non-hydrogen) atoms. The molecule has 152 valence electrons. The van der Waals surface area contributed by atoms with Gasteiger partial charge in [-0.05, 0) is 25.3 Å². The highest BCUT2D eigenvalue weighted by Crippen LogP contribution is 2.07. The molecule has 0 radical (unpaired) electrons. The maximum absolute atomic E-state index is 12.2. The van der Waals surface area contributed by atoms with Crippen LogP contribution in [-0.4, -0.2) is 52.5 Å². The lowest BCUT2D eigenvalue weighted by Crippen LogP contribution is -2.44. The van der Waals surface area contributed by atoms with Gasteiger partial charge in [0.05, 0.1) is 6.54 Å². The maximum atomic E-state index is 12.2. The minimum Gasteiger partial charge on any atom is -0.357 e. The van der Waals surface area contributed by atoms with E-state index < -0.39 is 0 Å². The summed E-state index contributed by atoms with van der Waals surface area (Å²) in [5.41, 5.74) is 1.22. The minimum atomic E-state index is 0. The van der Waals surface area contributed by atoms with E-state index in [0.717, 1.165) is 44.8 Å². The van der Waals surface area contributed by atoms with Gasteiger partial charge in [0, 0.05) is 38.6 Å². The molecule has 0 aliphatic carbocycles. The number of guanidine groups is 1. The van der Waals surface area contributed by atoms with Crippen LogP contribution in [0.4, 0.5) is 0 Å². The second kappa shape index (κ2) is 11.7. The second-order valence-corrected chi connectivity index (χ2v) is 6.59. The van der Waals surface area contributed by atoms with E-state index in [1.165, 1.54) is 5.56 Å². The van der Waals surface area contributed by atoms with Crippen molar-refractivity contribution >= 4 is 35.8 Å². The number of rotatable bonds is 7. The first-order valence-electron chi connectivity index (χ1n) is 9.60. The zero-order chi connectivity index (χ0) is 18.9. The summed E-state index contributed by atoms with van der Waals surface area (Å²) in [5.74, 6) is 1.66. The number of imidazole rings is 1. The number of nitrogens with zero attached hydrogens (tertiary/aromatic N) is 4. The predicted octanol–water partition coefficient (Wildman–Crippen LogP) is 2.23. The number of aliphatic imine (C=N–C) groups is 1. The van der Waals surface area contributed by atoms with Crippen molar-refractivity contribution in [1.82, 2.24) is 25.1 Å². The molecule has 0 saturated carbocycles. The summed E-state index contributed by atoms with van der Waals surface area (Å²) in [7, 11) is 0. The number of benzene rings is 1. The third kappa shape index (κ3) is 6.50. The molecule has 0 spiro atoms. The first-order chi connectivity index (χ1) is 13.3. The van der Waals surface area contributed by atoms with Crippen molar-refractivity contribution in [2.45, 2.75) is 32.9 Å². The van der Waals surface area contributed by atoms with Crippen molar-refractivity contribution < 1.29 is 4.79 Å². The normalized spacial score (nSPS) is 13.9. The highest BCUT2D eigenvalue weighted by atomic mass is 127. The van der Waals surface area contributed by atoms with Crippen LogP contribution in [0.3, 0.4) is 0 Å². The number of carbonyl (C=O) groups excluding carboxylic acids is 1. The van der Waals surface area contributed by atoms with Gasteiger partial charge in [-0.3, -0.25) is 4.79 Å². The quantitative estimate of drug-likeness (QED) is 0.351. The largest absolute Gasteiger partial charge is 0.357 e. The molecule has 8 heteroatoms. The monoisotopic (exact) mass is 496 g/mol. The number of nitrogens with one attached hydrogen (secondary N) is 2. The van der Waals surface area contributed by atoms with E-state index in [-0.39, 0.29) is 36.4 Å². The van der Waals surface area contributed by atoms with Crippen molar-refractivity contribution in [2.24, 2.45) is 4.99 Å². The summed E-state index contributed by atoms with van der Waals surface area (Å²) in [6.07, 6.45) is 5.97. The Morgan fingerprint density at radius 3 is 2.64 bits per heavy atom. The molecule has 0 unspecified atom stereocenters. The summed E-state index contributed by atoms with van der Waals surface area (Å²) < 4.78 is 2.10. The molecule has 1 aliphatic rings. The van der Waals surface area contributed by atoms with Gasteiger partial charge >= 0.3 is 0 Å². The van der Waals surface area contributed by atoms with Crippen molar-refractivity contribution in [3.63, 3.8) is 0 Å². The average molecular weight is 496 g/mol. The smallest absolute Gasteiger partial charge is 0.241 e. The lowest BCUT2D eigenvalue weighted by atomic mass is 10.2. The topological polar surface area (TPSA) is 74.5 Å². The Bertz CT molecular complexity index is 755. The van der Waals surface area contributed by atoms with E-state index in [1.54, 1.807) is 6.20 Å². The van der Waals surface area contributed by atoms with Crippen LogP contribution in [0.2, 0.25) is 0 Å². The molecule has 1 aromatic carbocycles. The fourth-order valence-electron chi connectivity index (χ4n) is 3.14. The number of carbonyl (C=O) groups is 1. The zero-order valence-corrected chi connectivity index (χ0v) is 18.6. The number of likely N-dealkylation sites (tertiary alicyclic amines) is 1. The van der Waals surface area contributed by atoms with E-state index >= 15 is 0 Å². The van der Waals surface area contributed by atoms with Crippen molar-refractivity contribution in [1.29, 1.82) is 0 Å². The molecule has 1 amide bonds. The third-order valence-electron chi connectivity index (χ3n) is 4.59. The zero-order valence-electron chi connectivity index (χ0n) is 16.3. The molecular weight excluding hydrogens is 467 g/mol. The minimum absolute atomic E-state index is 0. The Morgan fingerprint density at radius 1 is 1.18 bits per heavy atom. The summed E-state index contributed by atoms with van der Waals surface area (Å²) >= 11 is 0. The first-order valence-corrected chi connectivity index (χ1v) is 9.60. The molecule has 1 fully saturated rings. The van der Waals surface area contributed by atoms with Gasteiger partial charge in [-0.1, -0.05) is 30.3 Å². The van der Waals surface area contributed by atoms with E-state index in [9.17, 15) is 4.79 Å². The van der Waals surface area contributed by atoms with Gasteiger partial charge in [0.2, 0.25) is 5.91 Å². The highest BCUT2D eigenvalue weighted by Gasteiger charge is 2.17. The van der Waals surface area contributed by atoms with E-state index in [1.807, 2.05) is 36.2 Å². The van der Waals surface area contributed by atoms with Crippen LogP contribution in [0.1, 0.15) is 31.2 Å². The number of amides is 1. The van der Waals surface area contributed by atoms with Crippen LogP contribution >= 0.6 is 24.0 Å². The van der Waals surface area contributed by atoms with Gasteiger partial charge < -0.3 is 20.1 Å². The van der Waals surface area contributed by atoms with E-state index in [4.69, 9.17) is 0 Å². The third-order valence-corrected chi connectivity index (χ3v) is 4.59. The van der Waals surface area contributed by atoms with Crippen molar-refractivity contribution in [3.8, 4) is 0 Å². The Balaban J connectivity index is 0.00000280. The van der Waals surface area contributed by atoms with Gasteiger partial charge in [-0.25, -0.2) is 9.98 Å². The van der Waals surface area contributed by atoms with Gasteiger partial charge in [0.25, 0.3) is 0 Å². The molecule has 1 aromatic heterocycles. The van der Waals surface area contributed by atoms with Crippen LogP contribution in [0.25, 0.3) is 0 Å². The van der Waals surface area contributed by atoms with Crippen LogP contribution in [0.15, 0.2) is 47.7 Å². The van der Waals surface area contributed by atoms with Gasteiger partial charge in [-0.2, -0.15) is 0 Å². The summed E-state index contributed by atoms with van der Waals surface area (Å²) in [6, 6.07) is 10.3. The highest BCUT2D eigenvalue weighted by molar-refractivity contribution is 14.0. The molecule has 1 aliphatic heterocycles. The molecule has 2 heterocycles. The van der Waals surface area contributed by atoms with Gasteiger partial charge in [0.15, 0.2) is 5.96 Å². The fourth-order valence-corrected chi connectivity index (χ4v) is 3.14. The summed E-state index contributed by atoms with van der Waals surface area (Å²) in [5, 5.41) is 6.33. The van der Waals surface area contributed by atoms with Crippen LogP contribution in [-0.2, 0) is 17.9 Å². The second-order valence-electron chi connectivity index (χ2n) is 6.59. The molecule has 3 rings (SSSR count). The van der Waals surface area contributed by atoms with Gasteiger partial charge in [-0.15, -0.1) is 24.0 Å². The SMILES string of the molecule is CCNC(=NCc1nccn1Cc1ccccc1)NCC(=O)N1CCCC1.I. The Labute approximate surface area is 183 Å². The molecule has 2 aromatic rings.